The molecule has 0 saturated carbocycles. The maximum atomic E-state index is 12.4. The number of methoxy groups -OCH3 is 2. The summed E-state index contributed by atoms with van der Waals surface area (Å²) in [5, 5.41) is 11.9. The number of nitrogens with zero attached hydrogens (tertiary/aromatic N) is 1. The molecule has 0 spiro atoms. The van der Waals surface area contributed by atoms with Gasteiger partial charge in [0.15, 0.2) is 0 Å². The lowest BCUT2D eigenvalue weighted by atomic mass is 9.96. The fourth-order valence-electron chi connectivity index (χ4n) is 2.07. The molecule has 21 heavy (non-hydrogen) atoms. The van der Waals surface area contributed by atoms with Crippen LogP contribution in [-0.4, -0.2) is 67.6 Å². The lowest BCUT2D eigenvalue weighted by Crippen LogP contribution is -2.58. The van der Waals surface area contributed by atoms with E-state index < -0.39 is 17.5 Å². The van der Waals surface area contributed by atoms with Gasteiger partial charge in [0, 0.05) is 20.8 Å². The Kier molecular flexibility index (Phi) is 8.96. The summed E-state index contributed by atoms with van der Waals surface area (Å²) in [6, 6.07) is -0.597. The molecule has 7 nitrogen and oxygen atoms in total. The van der Waals surface area contributed by atoms with Crippen molar-refractivity contribution in [1.29, 1.82) is 0 Å². The molecule has 0 aliphatic heterocycles. The third-order valence-corrected chi connectivity index (χ3v) is 3.34. The van der Waals surface area contributed by atoms with Gasteiger partial charge in [-0.25, -0.2) is 9.59 Å². The number of carboxylic acids is 1. The van der Waals surface area contributed by atoms with Gasteiger partial charge in [-0.1, -0.05) is 13.3 Å². The Morgan fingerprint density at radius 3 is 2.38 bits per heavy atom. The monoisotopic (exact) mass is 304 g/mol. The second kappa shape index (κ2) is 9.57. The van der Waals surface area contributed by atoms with Gasteiger partial charge in [0.1, 0.15) is 5.54 Å². The molecule has 0 heterocycles. The maximum Gasteiger partial charge on any atom is 0.329 e. The zero-order valence-electron chi connectivity index (χ0n) is 13.6. The van der Waals surface area contributed by atoms with Crippen molar-refractivity contribution >= 4 is 12.0 Å². The van der Waals surface area contributed by atoms with Crippen LogP contribution in [-0.2, 0) is 14.3 Å². The van der Waals surface area contributed by atoms with Gasteiger partial charge in [-0.15, -0.1) is 0 Å². The Morgan fingerprint density at radius 2 is 1.95 bits per heavy atom. The number of nitrogens with one attached hydrogen (secondary N) is 1. The standard InChI is InChI=1S/C14H28N2O5/c1-6-7-14(3,12(17)18)15-13(19)16(8-9-20-4)11(2)10-21-5/h11H,6-10H2,1-5H3,(H,15,19)(H,17,18). The number of hydrogen-bond donors (Lipinski definition) is 2. The van der Waals surface area contributed by atoms with Crippen LogP contribution in [0.2, 0.25) is 0 Å². The minimum Gasteiger partial charge on any atom is -0.480 e. The summed E-state index contributed by atoms with van der Waals surface area (Å²) in [5.41, 5.74) is -1.27. The SMILES string of the molecule is CCCC(C)(NC(=O)N(CCOC)C(C)COC)C(=O)O. The van der Waals surface area contributed by atoms with Gasteiger partial charge in [0.2, 0.25) is 0 Å². The second-order valence-corrected chi connectivity index (χ2v) is 5.31. The largest absolute Gasteiger partial charge is 0.480 e. The van der Waals surface area contributed by atoms with Gasteiger partial charge >= 0.3 is 12.0 Å². The van der Waals surface area contributed by atoms with E-state index in [9.17, 15) is 14.7 Å². The first-order valence-corrected chi connectivity index (χ1v) is 7.12. The molecule has 0 aromatic heterocycles. The Balaban J connectivity index is 4.96. The molecule has 0 aliphatic carbocycles. The summed E-state index contributed by atoms with van der Waals surface area (Å²) < 4.78 is 10.1. The molecular formula is C14H28N2O5. The fourth-order valence-corrected chi connectivity index (χ4v) is 2.07. The molecule has 0 radical (unpaired) electrons. The first-order valence-electron chi connectivity index (χ1n) is 7.12. The number of hydrogen-bond acceptors (Lipinski definition) is 4. The van der Waals surface area contributed by atoms with Crippen LogP contribution in [0.4, 0.5) is 4.79 Å². The summed E-state index contributed by atoms with van der Waals surface area (Å²) in [6.07, 6.45) is 1.03. The van der Waals surface area contributed by atoms with Gasteiger partial charge in [0.05, 0.1) is 19.3 Å². The van der Waals surface area contributed by atoms with Crippen LogP contribution in [0.1, 0.15) is 33.6 Å². The van der Waals surface area contributed by atoms with E-state index in [4.69, 9.17) is 9.47 Å². The average Bonchev–Trinajstić information content (AvgIpc) is 2.39. The molecule has 124 valence electrons. The van der Waals surface area contributed by atoms with Crippen molar-refractivity contribution in [3.8, 4) is 0 Å². The molecular weight excluding hydrogens is 276 g/mol. The number of rotatable bonds is 10. The number of ether oxygens (including phenoxy) is 2. The molecule has 2 atom stereocenters. The van der Waals surface area contributed by atoms with Crippen LogP contribution < -0.4 is 5.32 Å². The number of urea groups is 1. The quantitative estimate of drug-likeness (QED) is 0.635. The smallest absolute Gasteiger partial charge is 0.329 e. The first kappa shape index (κ1) is 19.7. The van der Waals surface area contributed by atoms with Crippen molar-refractivity contribution < 1.29 is 24.2 Å². The van der Waals surface area contributed by atoms with Crippen molar-refractivity contribution in [2.75, 3.05) is 34.0 Å². The van der Waals surface area contributed by atoms with E-state index >= 15 is 0 Å². The highest BCUT2D eigenvalue weighted by molar-refractivity contribution is 5.86. The molecule has 0 aliphatic rings. The normalized spacial score (nSPS) is 15.1. The van der Waals surface area contributed by atoms with Gasteiger partial charge < -0.3 is 24.8 Å². The van der Waals surface area contributed by atoms with Crippen molar-refractivity contribution in [3.05, 3.63) is 0 Å². The topological polar surface area (TPSA) is 88.1 Å². The molecule has 0 fully saturated rings. The van der Waals surface area contributed by atoms with Crippen molar-refractivity contribution in [2.45, 2.75) is 45.2 Å². The van der Waals surface area contributed by atoms with E-state index in [0.717, 1.165) is 0 Å². The fraction of sp³-hybridized carbons (Fsp3) is 0.857. The van der Waals surface area contributed by atoms with Gasteiger partial charge in [-0.2, -0.15) is 0 Å². The third kappa shape index (κ3) is 6.31. The minimum atomic E-state index is -1.27. The predicted octanol–water partition coefficient (Wildman–Crippen LogP) is 1.32. The van der Waals surface area contributed by atoms with Crippen molar-refractivity contribution in [3.63, 3.8) is 0 Å². The number of carbonyl (C=O) groups excluding carboxylic acids is 1. The second-order valence-electron chi connectivity index (χ2n) is 5.31. The molecule has 0 bridgehead atoms. The van der Waals surface area contributed by atoms with Crippen LogP contribution in [0.15, 0.2) is 0 Å². The zero-order valence-corrected chi connectivity index (χ0v) is 13.6. The van der Waals surface area contributed by atoms with Crippen LogP contribution in [0.5, 0.6) is 0 Å². The summed E-state index contributed by atoms with van der Waals surface area (Å²) in [6.45, 7) is 6.36. The molecule has 0 saturated heterocycles. The van der Waals surface area contributed by atoms with Gasteiger partial charge in [0.25, 0.3) is 0 Å². The molecule has 2 amide bonds. The molecule has 0 rings (SSSR count). The van der Waals surface area contributed by atoms with E-state index in [-0.39, 0.29) is 6.04 Å². The molecule has 0 aromatic rings. The summed E-state index contributed by atoms with van der Waals surface area (Å²) in [4.78, 5) is 25.3. The molecule has 0 aromatic carbocycles. The van der Waals surface area contributed by atoms with E-state index in [0.29, 0.717) is 32.6 Å². The Bertz CT molecular complexity index is 337. The summed E-state index contributed by atoms with van der Waals surface area (Å²) in [7, 11) is 3.11. The van der Waals surface area contributed by atoms with Crippen LogP contribution in [0, 0.1) is 0 Å². The van der Waals surface area contributed by atoms with E-state index in [1.54, 1.807) is 14.2 Å². The highest BCUT2D eigenvalue weighted by Crippen LogP contribution is 2.14. The lowest BCUT2D eigenvalue weighted by Gasteiger charge is -2.33. The van der Waals surface area contributed by atoms with Crippen LogP contribution >= 0.6 is 0 Å². The highest BCUT2D eigenvalue weighted by Gasteiger charge is 2.35. The maximum absolute atomic E-state index is 12.4. The minimum absolute atomic E-state index is 0.176. The average molecular weight is 304 g/mol. The van der Waals surface area contributed by atoms with E-state index in [2.05, 4.69) is 5.32 Å². The first-order chi connectivity index (χ1) is 9.82. The number of carboxylic acid groups (broad SMARTS) is 1. The van der Waals surface area contributed by atoms with Crippen molar-refractivity contribution in [2.24, 2.45) is 0 Å². The van der Waals surface area contributed by atoms with Gasteiger partial charge in [-0.05, 0) is 20.3 Å². The summed E-state index contributed by atoms with van der Waals surface area (Å²) >= 11 is 0. The Labute approximate surface area is 126 Å². The van der Waals surface area contributed by atoms with Gasteiger partial charge in [-0.3, -0.25) is 0 Å². The van der Waals surface area contributed by atoms with E-state index in [1.165, 1.54) is 11.8 Å². The Morgan fingerprint density at radius 1 is 1.33 bits per heavy atom. The Hall–Kier alpha value is -1.34. The number of aliphatic carboxylic acids is 1. The third-order valence-electron chi connectivity index (χ3n) is 3.34. The van der Waals surface area contributed by atoms with Crippen molar-refractivity contribution in [1.82, 2.24) is 10.2 Å². The number of carbonyl (C=O) groups is 2. The van der Waals surface area contributed by atoms with E-state index in [1.807, 2.05) is 13.8 Å². The predicted molar refractivity (Wildman–Crippen MR) is 79.4 cm³/mol. The molecule has 2 N–H and O–H groups in total. The molecule has 7 heteroatoms. The summed E-state index contributed by atoms with van der Waals surface area (Å²) in [5.74, 6) is -1.04. The highest BCUT2D eigenvalue weighted by atomic mass is 16.5. The number of amides is 2. The zero-order chi connectivity index (χ0) is 16.5. The molecule has 2 unspecified atom stereocenters. The van der Waals surface area contributed by atoms with Crippen LogP contribution in [0.3, 0.4) is 0 Å². The lowest BCUT2D eigenvalue weighted by molar-refractivity contribution is -0.144. The van der Waals surface area contributed by atoms with Crippen LogP contribution in [0.25, 0.3) is 0 Å².